The van der Waals surface area contributed by atoms with Crippen molar-refractivity contribution < 1.29 is 0 Å². The van der Waals surface area contributed by atoms with E-state index in [1.807, 2.05) is 42.5 Å². The molecule has 3 aromatic heterocycles. The van der Waals surface area contributed by atoms with E-state index in [1.54, 1.807) is 0 Å². The van der Waals surface area contributed by atoms with E-state index in [2.05, 4.69) is 57.2 Å². The minimum atomic E-state index is 0.861. The molecule has 4 N–H and O–H groups in total. The molecular formula is C26H29N5. The average molecular weight is 412 g/mol. The van der Waals surface area contributed by atoms with Gasteiger partial charge in [-0.15, -0.1) is 0 Å². The van der Waals surface area contributed by atoms with Crippen LogP contribution in [0.25, 0.3) is 46.4 Å². The maximum Gasteiger partial charge on any atom is 0.0659 e. The molecule has 2 aliphatic rings. The number of fused-ring (bicyclic) bond motifs is 8. The van der Waals surface area contributed by atoms with Gasteiger partial charge in [-0.2, -0.15) is 0 Å². The van der Waals surface area contributed by atoms with Crippen LogP contribution in [0.4, 0.5) is 0 Å². The van der Waals surface area contributed by atoms with Gasteiger partial charge in [0.25, 0.3) is 0 Å². The first-order valence-corrected chi connectivity index (χ1v) is 11.0. The molecule has 2 aliphatic heterocycles. The number of aromatic nitrogens is 4. The fourth-order valence-corrected chi connectivity index (χ4v) is 3.51. The van der Waals surface area contributed by atoms with E-state index < -0.39 is 0 Å². The first-order valence-electron chi connectivity index (χ1n) is 11.0. The van der Waals surface area contributed by atoms with Crippen molar-refractivity contribution in [2.45, 2.75) is 32.6 Å². The van der Waals surface area contributed by atoms with E-state index in [-0.39, 0.29) is 0 Å². The van der Waals surface area contributed by atoms with Gasteiger partial charge in [-0.05, 0) is 85.8 Å². The zero-order valence-corrected chi connectivity index (χ0v) is 17.9. The molecule has 0 unspecified atom stereocenters. The highest BCUT2D eigenvalue weighted by Gasteiger charge is 2.02. The van der Waals surface area contributed by atoms with Crippen molar-refractivity contribution in [1.82, 2.24) is 19.9 Å². The fourth-order valence-electron chi connectivity index (χ4n) is 3.51. The largest absolute Gasteiger partial charge is 0.355 e. The molecule has 3 aromatic rings. The number of nitrogens with zero attached hydrogens (tertiary/aromatic N) is 2. The summed E-state index contributed by atoms with van der Waals surface area (Å²) >= 11 is 0. The van der Waals surface area contributed by atoms with Gasteiger partial charge in [0, 0.05) is 22.1 Å². The molecule has 0 saturated carbocycles. The Morgan fingerprint density at radius 3 is 1.52 bits per heavy atom. The van der Waals surface area contributed by atoms with Crippen molar-refractivity contribution >= 4 is 46.4 Å². The monoisotopic (exact) mass is 411 g/mol. The fraction of sp³-hybridized carbons (Fsp3) is 0.231. The maximum atomic E-state index is 5.27. The quantitative estimate of drug-likeness (QED) is 0.309. The predicted molar refractivity (Wildman–Crippen MR) is 132 cm³/mol. The lowest BCUT2D eigenvalue weighted by Crippen LogP contribution is -1.97. The third-order valence-corrected chi connectivity index (χ3v) is 5.10. The van der Waals surface area contributed by atoms with Crippen LogP contribution in [-0.2, 0) is 0 Å². The summed E-state index contributed by atoms with van der Waals surface area (Å²) in [6.07, 6.45) is 13.2. The molecular weight excluding hydrogens is 382 g/mol. The summed E-state index contributed by atoms with van der Waals surface area (Å²) in [7, 11) is 0. The number of nitrogens with two attached hydrogens (primary N) is 1. The second-order valence-electron chi connectivity index (χ2n) is 7.75. The Morgan fingerprint density at radius 2 is 1.06 bits per heavy atom. The van der Waals surface area contributed by atoms with Gasteiger partial charge in [-0.3, -0.25) is 0 Å². The summed E-state index contributed by atoms with van der Waals surface area (Å²) in [4.78, 5) is 16.0. The molecule has 31 heavy (non-hydrogen) atoms. The van der Waals surface area contributed by atoms with Crippen molar-refractivity contribution in [1.29, 1.82) is 0 Å². The summed E-state index contributed by atoms with van der Waals surface area (Å²) in [5, 5.41) is 0. The second kappa shape index (κ2) is 10.0. The van der Waals surface area contributed by atoms with Crippen LogP contribution in [0.15, 0.2) is 48.5 Å². The van der Waals surface area contributed by atoms with E-state index >= 15 is 0 Å². The molecule has 158 valence electrons. The van der Waals surface area contributed by atoms with Crippen LogP contribution >= 0.6 is 0 Å². The molecule has 5 nitrogen and oxygen atoms in total. The van der Waals surface area contributed by atoms with Crippen LogP contribution in [0.1, 0.15) is 55.4 Å². The van der Waals surface area contributed by atoms with Gasteiger partial charge in [0.15, 0.2) is 0 Å². The zero-order valence-electron chi connectivity index (χ0n) is 17.9. The molecule has 5 heteroatoms. The molecule has 0 fully saturated rings. The SMILES string of the molecule is C1=Cc2cc3ccc(cc4ccc(cc5nc(cc1n2)C=C5)[nH]4)[nH]3.CCCCCCN. The Bertz CT molecular complexity index is 1150. The van der Waals surface area contributed by atoms with Gasteiger partial charge in [0.1, 0.15) is 0 Å². The minimum Gasteiger partial charge on any atom is -0.355 e. The molecule has 0 amide bonds. The lowest BCUT2D eigenvalue weighted by Gasteiger charge is -1.90. The minimum absolute atomic E-state index is 0.861. The van der Waals surface area contributed by atoms with Gasteiger partial charge in [-0.25, -0.2) is 9.97 Å². The highest BCUT2D eigenvalue weighted by atomic mass is 14.8. The summed E-state index contributed by atoms with van der Waals surface area (Å²) in [5.74, 6) is 0. The van der Waals surface area contributed by atoms with Crippen molar-refractivity contribution in [3.63, 3.8) is 0 Å². The average Bonchev–Trinajstić information content (AvgIpc) is 3.55. The normalized spacial score (nSPS) is 11.9. The lowest BCUT2D eigenvalue weighted by molar-refractivity contribution is 0.674. The number of nitrogens with one attached hydrogen (secondary N) is 2. The molecule has 0 spiro atoms. The van der Waals surface area contributed by atoms with Gasteiger partial charge < -0.3 is 15.7 Å². The van der Waals surface area contributed by atoms with E-state index in [0.717, 1.165) is 51.4 Å². The van der Waals surface area contributed by atoms with E-state index in [4.69, 9.17) is 5.73 Å². The lowest BCUT2D eigenvalue weighted by atomic mass is 10.2. The topological polar surface area (TPSA) is 83.4 Å². The van der Waals surface area contributed by atoms with E-state index in [1.165, 1.54) is 25.7 Å². The first-order chi connectivity index (χ1) is 15.2. The zero-order chi connectivity index (χ0) is 21.5. The van der Waals surface area contributed by atoms with Gasteiger partial charge >= 0.3 is 0 Å². The van der Waals surface area contributed by atoms with Gasteiger partial charge in [0.05, 0.1) is 22.8 Å². The van der Waals surface area contributed by atoms with Crippen molar-refractivity contribution in [2.75, 3.05) is 6.54 Å². The highest BCUT2D eigenvalue weighted by molar-refractivity contribution is 5.77. The second-order valence-corrected chi connectivity index (χ2v) is 7.75. The van der Waals surface area contributed by atoms with Gasteiger partial charge in [-0.1, -0.05) is 26.2 Å². The molecule has 0 saturated heterocycles. The molecule has 5 heterocycles. The number of unbranched alkanes of at least 4 members (excludes halogenated alkanes) is 3. The number of hydrogen-bond donors (Lipinski definition) is 3. The molecule has 0 radical (unpaired) electrons. The van der Waals surface area contributed by atoms with Crippen molar-refractivity contribution in [2.24, 2.45) is 5.73 Å². The number of rotatable bonds is 4. The van der Waals surface area contributed by atoms with Crippen LogP contribution in [0.3, 0.4) is 0 Å². The molecule has 0 aromatic carbocycles. The molecule has 5 rings (SSSR count). The summed E-state index contributed by atoms with van der Waals surface area (Å²) < 4.78 is 0. The molecule has 0 aliphatic carbocycles. The van der Waals surface area contributed by atoms with Crippen LogP contribution in [0, 0.1) is 0 Å². The summed E-state index contributed by atoms with van der Waals surface area (Å²) in [6, 6.07) is 16.4. The Balaban J connectivity index is 0.000000289. The van der Waals surface area contributed by atoms with E-state index in [9.17, 15) is 0 Å². The standard InChI is InChI=1S/C20H14N4.C6H15N/c1-2-14-10-16-5-6-18(23-16)12-20-8-7-19(24-20)11-17-4-3-15(22-17)9-13(1)21-14;1-2-3-4-5-6-7/h1-12,21-22H;2-7H2,1H3. The van der Waals surface area contributed by atoms with E-state index in [0.29, 0.717) is 0 Å². The number of H-pyrrole nitrogens is 2. The Morgan fingerprint density at radius 1 is 0.613 bits per heavy atom. The Kier molecular flexibility index (Phi) is 6.75. The third kappa shape index (κ3) is 5.80. The Labute approximate surface area is 182 Å². The van der Waals surface area contributed by atoms with Gasteiger partial charge in [0.2, 0.25) is 0 Å². The van der Waals surface area contributed by atoms with Crippen LogP contribution in [0.2, 0.25) is 0 Å². The van der Waals surface area contributed by atoms with Crippen LogP contribution in [-0.4, -0.2) is 26.5 Å². The molecule has 0 atom stereocenters. The highest BCUT2D eigenvalue weighted by Crippen LogP contribution is 2.17. The maximum absolute atomic E-state index is 5.27. The summed E-state index contributed by atoms with van der Waals surface area (Å²) in [6.45, 7) is 3.07. The number of hydrogen-bond acceptors (Lipinski definition) is 3. The third-order valence-electron chi connectivity index (χ3n) is 5.10. The smallest absolute Gasteiger partial charge is 0.0659 e. The summed E-state index contributed by atoms with van der Waals surface area (Å²) in [5.41, 5.74) is 13.1. The van der Waals surface area contributed by atoms with Crippen LogP contribution in [0.5, 0.6) is 0 Å². The Hall–Kier alpha value is -3.44. The van der Waals surface area contributed by atoms with Crippen molar-refractivity contribution in [3.05, 3.63) is 71.3 Å². The molecule has 8 bridgehead atoms. The predicted octanol–water partition coefficient (Wildman–Crippen LogP) is 6.18. The van der Waals surface area contributed by atoms with Crippen molar-refractivity contribution in [3.8, 4) is 0 Å². The number of aromatic amines is 2. The first kappa shape index (κ1) is 20.8. The van der Waals surface area contributed by atoms with Crippen LogP contribution < -0.4 is 5.73 Å².